The fraction of sp³-hybridized carbons (Fsp3) is 0.400. The van der Waals surface area contributed by atoms with E-state index < -0.39 is 17.4 Å². The Labute approximate surface area is 122 Å². The van der Waals surface area contributed by atoms with E-state index in [1.807, 2.05) is 6.07 Å². The molecule has 6 heteroatoms. The summed E-state index contributed by atoms with van der Waals surface area (Å²) >= 11 is 0. The lowest BCUT2D eigenvalue weighted by atomic mass is 9.69. The summed E-state index contributed by atoms with van der Waals surface area (Å²) in [5, 5.41) is 23.5. The Kier molecular flexibility index (Phi) is 4.13. The molecule has 1 aliphatic carbocycles. The Morgan fingerprint density at radius 3 is 2.67 bits per heavy atom. The summed E-state index contributed by atoms with van der Waals surface area (Å²) in [7, 11) is 0. The molecular weight excluding hydrogens is 270 g/mol. The lowest BCUT2D eigenvalue weighted by molar-refractivity contribution is -0.153. The maximum absolute atomic E-state index is 11.9. The van der Waals surface area contributed by atoms with Crippen LogP contribution >= 0.6 is 0 Å². The molecule has 0 atom stereocenters. The third-order valence-corrected chi connectivity index (χ3v) is 3.98. The van der Waals surface area contributed by atoms with Crippen molar-refractivity contribution in [1.82, 2.24) is 5.32 Å². The van der Waals surface area contributed by atoms with Gasteiger partial charge in [0.05, 0.1) is 16.7 Å². The summed E-state index contributed by atoms with van der Waals surface area (Å²) in [5.74, 6) is -0.873. The molecule has 1 fully saturated rings. The summed E-state index contributed by atoms with van der Waals surface area (Å²) in [6.45, 7) is 1.89. The molecular formula is C15H17N3O3. The maximum atomic E-state index is 11.9. The summed E-state index contributed by atoms with van der Waals surface area (Å²) in [5.41, 5.74) is 0.774. The molecule has 2 amide bonds. The van der Waals surface area contributed by atoms with Crippen LogP contribution in [0.2, 0.25) is 0 Å². The fourth-order valence-electron chi connectivity index (χ4n) is 2.41. The maximum Gasteiger partial charge on any atom is 0.319 e. The van der Waals surface area contributed by atoms with Crippen LogP contribution in [0.25, 0.3) is 0 Å². The van der Waals surface area contributed by atoms with Crippen molar-refractivity contribution in [1.29, 1.82) is 5.26 Å². The van der Waals surface area contributed by atoms with Crippen molar-refractivity contribution in [3.63, 3.8) is 0 Å². The van der Waals surface area contributed by atoms with Gasteiger partial charge in [-0.3, -0.25) is 4.79 Å². The highest BCUT2D eigenvalue weighted by Crippen LogP contribution is 2.40. The number of aryl methyl sites for hydroxylation is 1. The predicted molar refractivity (Wildman–Crippen MR) is 76.8 cm³/mol. The van der Waals surface area contributed by atoms with Gasteiger partial charge in [-0.2, -0.15) is 5.26 Å². The smallest absolute Gasteiger partial charge is 0.319 e. The second kappa shape index (κ2) is 5.83. The molecule has 1 aliphatic rings. The van der Waals surface area contributed by atoms with Crippen LogP contribution in [-0.2, 0) is 4.79 Å². The quantitative estimate of drug-likeness (QED) is 0.790. The third kappa shape index (κ3) is 2.97. The first kappa shape index (κ1) is 14.9. The van der Waals surface area contributed by atoms with Gasteiger partial charge in [-0.25, -0.2) is 4.79 Å². The number of nitrogens with zero attached hydrogens (tertiary/aromatic N) is 1. The normalized spacial score (nSPS) is 15.4. The second-order valence-corrected chi connectivity index (χ2v) is 5.36. The van der Waals surface area contributed by atoms with E-state index in [-0.39, 0.29) is 6.54 Å². The van der Waals surface area contributed by atoms with Crippen LogP contribution in [0.3, 0.4) is 0 Å². The molecule has 1 aromatic carbocycles. The van der Waals surface area contributed by atoms with E-state index >= 15 is 0 Å². The Morgan fingerprint density at radius 2 is 2.14 bits per heavy atom. The first-order valence-corrected chi connectivity index (χ1v) is 6.76. The number of rotatable bonds is 4. The van der Waals surface area contributed by atoms with Crippen molar-refractivity contribution in [2.45, 2.75) is 26.2 Å². The van der Waals surface area contributed by atoms with E-state index in [0.29, 0.717) is 24.1 Å². The zero-order chi connectivity index (χ0) is 15.5. The van der Waals surface area contributed by atoms with E-state index in [1.54, 1.807) is 25.1 Å². The highest BCUT2D eigenvalue weighted by atomic mass is 16.4. The largest absolute Gasteiger partial charge is 0.481 e. The number of carboxylic acid groups (broad SMARTS) is 1. The zero-order valence-corrected chi connectivity index (χ0v) is 11.8. The Balaban J connectivity index is 1.99. The molecule has 0 spiro atoms. The molecule has 0 aromatic heterocycles. The fourth-order valence-corrected chi connectivity index (χ4v) is 2.41. The topological polar surface area (TPSA) is 102 Å². The first-order chi connectivity index (χ1) is 9.98. The molecule has 110 valence electrons. The monoisotopic (exact) mass is 287 g/mol. The Morgan fingerprint density at radius 1 is 1.43 bits per heavy atom. The lowest BCUT2D eigenvalue weighted by Gasteiger charge is -2.37. The standard InChI is InChI=1S/C15H17N3O3/c1-10-4-2-5-12(11(10)8-16)18-14(21)17-9-15(13(19)20)6-3-7-15/h2,4-5H,3,6-7,9H2,1H3,(H,19,20)(H2,17,18,21). The average molecular weight is 287 g/mol. The van der Waals surface area contributed by atoms with Crippen molar-refractivity contribution >= 4 is 17.7 Å². The van der Waals surface area contributed by atoms with E-state index in [2.05, 4.69) is 10.6 Å². The van der Waals surface area contributed by atoms with Gasteiger partial charge >= 0.3 is 12.0 Å². The average Bonchev–Trinajstić information content (AvgIpc) is 2.37. The van der Waals surface area contributed by atoms with Crippen molar-refractivity contribution in [2.24, 2.45) is 5.41 Å². The van der Waals surface area contributed by atoms with Crippen LogP contribution in [0.5, 0.6) is 0 Å². The van der Waals surface area contributed by atoms with Crippen LogP contribution in [0.4, 0.5) is 10.5 Å². The van der Waals surface area contributed by atoms with Crippen LogP contribution < -0.4 is 10.6 Å². The summed E-state index contributed by atoms with van der Waals surface area (Å²) in [6.07, 6.45) is 2.03. The molecule has 21 heavy (non-hydrogen) atoms. The van der Waals surface area contributed by atoms with Gasteiger partial charge in [0.25, 0.3) is 0 Å². The van der Waals surface area contributed by atoms with Gasteiger partial charge in [0.15, 0.2) is 0 Å². The number of carboxylic acids is 1. The number of nitrogens with one attached hydrogen (secondary N) is 2. The second-order valence-electron chi connectivity index (χ2n) is 5.36. The van der Waals surface area contributed by atoms with E-state index in [1.165, 1.54) is 0 Å². The number of hydrogen-bond donors (Lipinski definition) is 3. The van der Waals surface area contributed by atoms with E-state index in [0.717, 1.165) is 12.0 Å². The highest BCUT2D eigenvalue weighted by Gasteiger charge is 2.44. The Bertz CT molecular complexity index is 615. The summed E-state index contributed by atoms with van der Waals surface area (Å²) in [6, 6.07) is 6.72. The van der Waals surface area contributed by atoms with Crippen molar-refractivity contribution in [2.75, 3.05) is 11.9 Å². The molecule has 0 bridgehead atoms. The first-order valence-electron chi connectivity index (χ1n) is 6.76. The van der Waals surface area contributed by atoms with E-state index in [4.69, 9.17) is 5.26 Å². The number of carbonyl (C=O) groups excluding carboxylic acids is 1. The number of aliphatic carboxylic acids is 1. The number of benzene rings is 1. The molecule has 3 N–H and O–H groups in total. The van der Waals surface area contributed by atoms with Crippen LogP contribution in [0.15, 0.2) is 18.2 Å². The molecule has 2 rings (SSSR count). The van der Waals surface area contributed by atoms with Crippen molar-refractivity contribution < 1.29 is 14.7 Å². The molecule has 0 aliphatic heterocycles. The molecule has 6 nitrogen and oxygen atoms in total. The van der Waals surface area contributed by atoms with Gasteiger partial charge in [0, 0.05) is 6.54 Å². The third-order valence-electron chi connectivity index (χ3n) is 3.98. The summed E-state index contributed by atoms with van der Waals surface area (Å²) < 4.78 is 0. The van der Waals surface area contributed by atoms with Crippen LogP contribution in [0.1, 0.15) is 30.4 Å². The van der Waals surface area contributed by atoms with Gasteiger partial charge in [-0.15, -0.1) is 0 Å². The molecule has 0 unspecified atom stereocenters. The van der Waals surface area contributed by atoms with Crippen LogP contribution in [0, 0.1) is 23.7 Å². The van der Waals surface area contributed by atoms with Gasteiger partial charge in [0.2, 0.25) is 0 Å². The molecule has 0 radical (unpaired) electrons. The minimum Gasteiger partial charge on any atom is -0.481 e. The highest BCUT2D eigenvalue weighted by molar-refractivity contribution is 5.91. The van der Waals surface area contributed by atoms with Gasteiger partial charge in [-0.1, -0.05) is 18.6 Å². The van der Waals surface area contributed by atoms with Gasteiger partial charge < -0.3 is 15.7 Å². The predicted octanol–water partition coefficient (Wildman–Crippen LogP) is 2.24. The molecule has 0 heterocycles. The summed E-state index contributed by atoms with van der Waals surface area (Å²) in [4.78, 5) is 23.1. The number of urea groups is 1. The Hall–Kier alpha value is -2.55. The molecule has 1 saturated carbocycles. The molecule has 0 saturated heterocycles. The molecule has 1 aromatic rings. The minimum atomic E-state index is -0.873. The zero-order valence-electron chi connectivity index (χ0n) is 11.8. The SMILES string of the molecule is Cc1cccc(NC(=O)NCC2(C(=O)O)CCC2)c1C#N. The van der Waals surface area contributed by atoms with Gasteiger partial charge in [0.1, 0.15) is 6.07 Å². The van der Waals surface area contributed by atoms with Crippen molar-refractivity contribution in [3.8, 4) is 6.07 Å². The number of nitriles is 1. The number of amides is 2. The minimum absolute atomic E-state index is 0.0991. The number of anilines is 1. The number of hydrogen-bond acceptors (Lipinski definition) is 3. The van der Waals surface area contributed by atoms with Crippen LogP contribution in [-0.4, -0.2) is 23.7 Å². The van der Waals surface area contributed by atoms with Crippen molar-refractivity contribution in [3.05, 3.63) is 29.3 Å². The lowest BCUT2D eigenvalue weighted by Crippen LogP contribution is -2.48. The van der Waals surface area contributed by atoms with E-state index in [9.17, 15) is 14.7 Å². The number of carbonyl (C=O) groups is 2. The van der Waals surface area contributed by atoms with Gasteiger partial charge in [-0.05, 0) is 31.4 Å².